The van der Waals surface area contributed by atoms with E-state index in [-0.39, 0.29) is 18.3 Å². The first-order chi connectivity index (χ1) is 11.1. The Hall–Kier alpha value is -1.06. The molecule has 0 saturated carbocycles. The van der Waals surface area contributed by atoms with Crippen LogP contribution in [0, 0.1) is 17.8 Å². The van der Waals surface area contributed by atoms with E-state index in [4.69, 9.17) is 0 Å². The molecule has 2 rings (SSSR count). The summed E-state index contributed by atoms with van der Waals surface area (Å²) in [6.45, 7) is 9.61. The first kappa shape index (κ1) is 21.0. The third-order valence-corrected chi connectivity index (χ3v) is 5.25. The van der Waals surface area contributed by atoms with Crippen LogP contribution in [0.2, 0.25) is 0 Å². The first-order valence-electron chi connectivity index (χ1n) is 9.10. The van der Waals surface area contributed by atoms with Gasteiger partial charge in [-0.2, -0.15) is 0 Å². The highest BCUT2D eigenvalue weighted by molar-refractivity contribution is 5.85. The summed E-state index contributed by atoms with van der Waals surface area (Å²) >= 11 is 0. The summed E-state index contributed by atoms with van der Waals surface area (Å²) in [5, 5.41) is 6.57. The van der Waals surface area contributed by atoms with Crippen molar-refractivity contribution in [3.8, 4) is 0 Å². The van der Waals surface area contributed by atoms with Crippen molar-refractivity contribution in [2.75, 3.05) is 19.6 Å². The maximum atomic E-state index is 12.3. The fraction of sp³-hybridized carbons (Fsp3) is 0.650. The third kappa shape index (κ3) is 6.45. The van der Waals surface area contributed by atoms with E-state index < -0.39 is 0 Å². The number of hydrogen-bond acceptors (Lipinski definition) is 2. The molecule has 1 amide bonds. The van der Waals surface area contributed by atoms with Crippen molar-refractivity contribution in [1.82, 2.24) is 10.6 Å². The van der Waals surface area contributed by atoms with Gasteiger partial charge in [-0.3, -0.25) is 4.79 Å². The molecule has 1 heterocycles. The van der Waals surface area contributed by atoms with Gasteiger partial charge in [0, 0.05) is 18.9 Å². The molecule has 1 aliphatic heterocycles. The highest BCUT2D eigenvalue weighted by Crippen LogP contribution is 2.25. The lowest BCUT2D eigenvalue weighted by Crippen LogP contribution is -2.35. The lowest BCUT2D eigenvalue weighted by Gasteiger charge is -2.28. The summed E-state index contributed by atoms with van der Waals surface area (Å²) in [5.41, 5.74) is 1.31. The Bertz CT molecular complexity index is 472. The Kier molecular flexibility index (Phi) is 9.38. The van der Waals surface area contributed by atoms with E-state index in [9.17, 15) is 4.79 Å². The van der Waals surface area contributed by atoms with Crippen LogP contribution in [-0.2, 0) is 4.79 Å². The zero-order valence-electron chi connectivity index (χ0n) is 15.3. The maximum absolute atomic E-state index is 12.3. The fourth-order valence-electron chi connectivity index (χ4n) is 3.61. The number of rotatable bonds is 7. The van der Waals surface area contributed by atoms with Crippen molar-refractivity contribution >= 4 is 18.3 Å². The molecule has 1 aromatic rings. The van der Waals surface area contributed by atoms with Gasteiger partial charge in [-0.25, -0.2) is 0 Å². The first-order valence-corrected chi connectivity index (χ1v) is 9.10. The Morgan fingerprint density at radius 1 is 1.17 bits per heavy atom. The number of amides is 1. The minimum Gasteiger partial charge on any atom is -0.355 e. The number of carbonyl (C=O) groups excluding carboxylic acids is 1. The summed E-state index contributed by atoms with van der Waals surface area (Å²) in [6, 6.07) is 10.5. The van der Waals surface area contributed by atoms with Crippen LogP contribution in [0.5, 0.6) is 0 Å². The lowest BCUT2D eigenvalue weighted by molar-refractivity contribution is -0.122. The van der Waals surface area contributed by atoms with Crippen LogP contribution >= 0.6 is 12.4 Å². The SMILES string of the molecule is CC(C)C(CNC(=O)CC(C)C1CCNCC1)c1ccccc1.Cl. The molecule has 1 fully saturated rings. The zero-order chi connectivity index (χ0) is 16.7. The molecule has 136 valence electrons. The van der Waals surface area contributed by atoms with Crippen LogP contribution in [0.4, 0.5) is 0 Å². The minimum atomic E-state index is 0. The quantitative estimate of drug-likeness (QED) is 0.779. The van der Waals surface area contributed by atoms with Crippen molar-refractivity contribution in [2.24, 2.45) is 17.8 Å². The second-order valence-corrected chi connectivity index (χ2v) is 7.33. The summed E-state index contributed by atoms with van der Waals surface area (Å²) in [6.07, 6.45) is 3.06. The molecule has 0 bridgehead atoms. The highest BCUT2D eigenvalue weighted by atomic mass is 35.5. The second kappa shape index (κ2) is 10.7. The van der Waals surface area contributed by atoms with Gasteiger partial charge in [0.2, 0.25) is 5.91 Å². The predicted octanol–water partition coefficient (Wildman–Crippen LogP) is 3.99. The van der Waals surface area contributed by atoms with E-state index in [2.05, 4.69) is 55.7 Å². The Morgan fingerprint density at radius 2 is 1.79 bits per heavy atom. The maximum Gasteiger partial charge on any atom is 0.220 e. The second-order valence-electron chi connectivity index (χ2n) is 7.33. The standard InChI is InChI=1S/C20H32N2O.ClH/c1-15(2)19(18-7-5-4-6-8-18)14-22-20(23)13-16(3)17-9-11-21-12-10-17;/h4-8,15-17,19,21H,9-14H2,1-3H3,(H,22,23);1H. The lowest BCUT2D eigenvalue weighted by atomic mass is 9.84. The van der Waals surface area contributed by atoms with E-state index in [1.807, 2.05) is 6.07 Å². The van der Waals surface area contributed by atoms with Gasteiger partial charge < -0.3 is 10.6 Å². The fourth-order valence-corrected chi connectivity index (χ4v) is 3.61. The van der Waals surface area contributed by atoms with Crippen molar-refractivity contribution in [3.05, 3.63) is 35.9 Å². The van der Waals surface area contributed by atoms with Gasteiger partial charge >= 0.3 is 0 Å². The van der Waals surface area contributed by atoms with E-state index >= 15 is 0 Å². The van der Waals surface area contributed by atoms with Crippen LogP contribution in [0.25, 0.3) is 0 Å². The minimum absolute atomic E-state index is 0. The number of hydrogen-bond donors (Lipinski definition) is 2. The molecule has 1 aliphatic rings. The number of carbonyl (C=O) groups is 1. The molecule has 0 spiro atoms. The molecular weight excluding hydrogens is 320 g/mol. The van der Waals surface area contributed by atoms with Crippen LogP contribution in [0.15, 0.2) is 30.3 Å². The van der Waals surface area contributed by atoms with Crippen LogP contribution in [-0.4, -0.2) is 25.5 Å². The molecular formula is C20H33ClN2O. The molecule has 2 atom stereocenters. The van der Waals surface area contributed by atoms with E-state index in [1.54, 1.807) is 0 Å². The number of benzene rings is 1. The molecule has 0 aliphatic carbocycles. The molecule has 3 nitrogen and oxygen atoms in total. The Morgan fingerprint density at radius 3 is 2.38 bits per heavy atom. The molecule has 2 unspecified atom stereocenters. The average Bonchev–Trinajstić information content (AvgIpc) is 2.56. The van der Waals surface area contributed by atoms with Crippen molar-refractivity contribution in [2.45, 2.75) is 46.0 Å². The number of halogens is 1. The van der Waals surface area contributed by atoms with E-state index in [0.717, 1.165) is 19.6 Å². The Labute approximate surface area is 153 Å². The van der Waals surface area contributed by atoms with Gasteiger partial charge in [0.05, 0.1) is 0 Å². The van der Waals surface area contributed by atoms with Gasteiger partial charge in [0.15, 0.2) is 0 Å². The van der Waals surface area contributed by atoms with Crippen molar-refractivity contribution < 1.29 is 4.79 Å². The molecule has 4 heteroatoms. The smallest absolute Gasteiger partial charge is 0.220 e. The summed E-state index contributed by atoms with van der Waals surface area (Å²) in [5.74, 6) is 2.27. The van der Waals surface area contributed by atoms with Crippen LogP contribution in [0.3, 0.4) is 0 Å². The molecule has 0 radical (unpaired) electrons. The Balaban J connectivity index is 0.00000288. The topological polar surface area (TPSA) is 41.1 Å². The normalized spacial score (nSPS) is 17.8. The van der Waals surface area contributed by atoms with Gasteiger partial charge in [-0.15, -0.1) is 12.4 Å². The summed E-state index contributed by atoms with van der Waals surface area (Å²) in [4.78, 5) is 12.3. The average molecular weight is 353 g/mol. The summed E-state index contributed by atoms with van der Waals surface area (Å²) in [7, 11) is 0. The van der Waals surface area contributed by atoms with Gasteiger partial charge in [-0.05, 0) is 49.2 Å². The van der Waals surface area contributed by atoms with E-state index in [1.165, 1.54) is 18.4 Å². The van der Waals surface area contributed by atoms with Crippen LogP contribution in [0.1, 0.15) is 51.5 Å². The molecule has 0 aromatic heterocycles. The van der Waals surface area contributed by atoms with Crippen molar-refractivity contribution in [1.29, 1.82) is 0 Å². The monoisotopic (exact) mass is 352 g/mol. The molecule has 1 aromatic carbocycles. The van der Waals surface area contributed by atoms with Crippen molar-refractivity contribution in [3.63, 3.8) is 0 Å². The summed E-state index contributed by atoms with van der Waals surface area (Å²) < 4.78 is 0. The third-order valence-electron chi connectivity index (χ3n) is 5.25. The molecule has 24 heavy (non-hydrogen) atoms. The van der Waals surface area contributed by atoms with Crippen LogP contribution < -0.4 is 10.6 Å². The number of nitrogens with one attached hydrogen (secondary N) is 2. The van der Waals surface area contributed by atoms with Gasteiger partial charge in [0.1, 0.15) is 0 Å². The highest BCUT2D eigenvalue weighted by Gasteiger charge is 2.23. The molecule has 2 N–H and O–H groups in total. The largest absolute Gasteiger partial charge is 0.355 e. The van der Waals surface area contributed by atoms with Gasteiger partial charge in [-0.1, -0.05) is 51.1 Å². The predicted molar refractivity (Wildman–Crippen MR) is 104 cm³/mol. The number of piperidine rings is 1. The van der Waals surface area contributed by atoms with Gasteiger partial charge in [0.25, 0.3) is 0 Å². The van der Waals surface area contributed by atoms with E-state index in [0.29, 0.717) is 30.1 Å². The molecule has 1 saturated heterocycles. The zero-order valence-corrected chi connectivity index (χ0v) is 16.1.